The highest BCUT2D eigenvalue weighted by Gasteiger charge is 2.16. The van der Waals surface area contributed by atoms with Gasteiger partial charge < -0.3 is 10.8 Å². The van der Waals surface area contributed by atoms with Crippen LogP contribution in [0, 0.1) is 0 Å². The number of H-pyrrole nitrogens is 1. The number of nitrogen functional groups attached to an aromatic ring is 1. The molecule has 84 valence electrons. The van der Waals surface area contributed by atoms with Gasteiger partial charge in [0.1, 0.15) is 5.82 Å². The Morgan fingerprint density at radius 3 is 3.00 bits per heavy atom. The van der Waals surface area contributed by atoms with Crippen molar-refractivity contribution in [3.05, 3.63) is 6.07 Å². The zero-order valence-electron chi connectivity index (χ0n) is 8.51. The van der Waals surface area contributed by atoms with Crippen LogP contribution in [0.5, 0.6) is 0 Å². The lowest BCUT2D eigenvalue weighted by molar-refractivity contribution is 0.202. The standard InChI is InChI=1S/C8H10N6O2/c1-2-14(8(15)16)5-3-4(9)6-7(10-5)12-13-11-6/h3H,2H2,1H3,(H,15,16)(H3,9,10,11,12,13). The molecule has 2 aromatic heterocycles. The predicted molar refractivity (Wildman–Crippen MR) is 57.1 cm³/mol. The van der Waals surface area contributed by atoms with Crippen molar-refractivity contribution in [2.24, 2.45) is 0 Å². The molecule has 0 unspecified atom stereocenters. The summed E-state index contributed by atoms with van der Waals surface area (Å²) in [6.45, 7) is 1.99. The van der Waals surface area contributed by atoms with Gasteiger partial charge in [-0.3, -0.25) is 4.90 Å². The van der Waals surface area contributed by atoms with Gasteiger partial charge in [-0.15, -0.1) is 5.10 Å². The molecule has 2 heterocycles. The summed E-state index contributed by atoms with van der Waals surface area (Å²) >= 11 is 0. The first-order valence-corrected chi connectivity index (χ1v) is 4.61. The molecule has 1 amide bonds. The number of hydrogen-bond acceptors (Lipinski definition) is 5. The summed E-state index contributed by atoms with van der Waals surface area (Å²) in [5, 5.41) is 18.9. The van der Waals surface area contributed by atoms with Crippen molar-refractivity contribution in [1.29, 1.82) is 0 Å². The number of fused-ring (bicyclic) bond motifs is 1. The molecule has 0 fully saturated rings. The van der Waals surface area contributed by atoms with Crippen LogP contribution in [0.15, 0.2) is 6.07 Å². The van der Waals surface area contributed by atoms with Gasteiger partial charge in [-0.05, 0) is 6.92 Å². The molecule has 0 saturated carbocycles. The number of aromatic nitrogens is 4. The second kappa shape index (κ2) is 3.65. The smallest absolute Gasteiger partial charge is 0.413 e. The van der Waals surface area contributed by atoms with Gasteiger partial charge in [0.05, 0.1) is 5.69 Å². The van der Waals surface area contributed by atoms with Gasteiger partial charge in [-0.25, -0.2) is 9.78 Å². The minimum absolute atomic E-state index is 0.244. The molecule has 0 aliphatic carbocycles. The summed E-state index contributed by atoms with van der Waals surface area (Å²) in [4.78, 5) is 16.0. The molecular weight excluding hydrogens is 212 g/mol. The zero-order chi connectivity index (χ0) is 11.7. The van der Waals surface area contributed by atoms with E-state index in [9.17, 15) is 4.79 Å². The number of amides is 1. The average molecular weight is 222 g/mol. The highest BCUT2D eigenvalue weighted by molar-refractivity contribution is 5.90. The first kappa shape index (κ1) is 10.1. The van der Waals surface area contributed by atoms with Crippen LogP contribution in [0.25, 0.3) is 11.2 Å². The summed E-state index contributed by atoms with van der Waals surface area (Å²) in [7, 11) is 0. The quantitative estimate of drug-likeness (QED) is 0.677. The molecule has 8 nitrogen and oxygen atoms in total. The van der Waals surface area contributed by atoms with Crippen molar-refractivity contribution >= 4 is 28.8 Å². The summed E-state index contributed by atoms with van der Waals surface area (Å²) in [5.74, 6) is 0.244. The third-order valence-electron chi connectivity index (χ3n) is 2.13. The molecule has 16 heavy (non-hydrogen) atoms. The number of nitrogens with zero attached hydrogens (tertiary/aromatic N) is 4. The summed E-state index contributed by atoms with van der Waals surface area (Å²) in [6, 6.07) is 1.46. The van der Waals surface area contributed by atoms with Crippen LogP contribution >= 0.6 is 0 Å². The third kappa shape index (κ3) is 1.49. The lowest BCUT2D eigenvalue weighted by atomic mass is 10.3. The summed E-state index contributed by atoms with van der Waals surface area (Å²) in [6.07, 6.45) is -1.09. The lowest BCUT2D eigenvalue weighted by Gasteiger charge is -2.15. The van der Waals surface area contributed by atoms with Crippen molar-refractivity contribution in [1.82, 2.24) is 20.4 Å². The van der Waals surface area contributed by atoms with Crippen LogP contribution in [0.4, 0.5) is 16.3 Å². The Kier molecular flexibility index (Phi) is 2.31. The number of nitrogens with one attached hydrogen (secondary N) is 1. The van der Waals surface area contributed by atoms with E-state index in [1.807, 2.05) is 0 Å². The molecule has 0 radical (unpaired) electrons. The molecular formula is C8H10N6O2. The Balaban J connectivity index is 2.56. The van der Waals surface area contributed by atoms with E-state index in [-0.39, 0.29) is 12.4 Å². The van der Waals surface area contributed by atoms with Gasteiger partial charge in [0, 0.05) is 12.6 Å². The van der Waals surface area contributed by atoms with Crippen LogP contribution < -0.4 is 10.6 Å². The predicted octanol–water partition coefficient (Wildman–Crippen LogP) is 0.439. The molecule has 2 rings (SSSR count). The molecule has 0 atom stereocenters. The van der Waals surface area contributed by atoms with Crippen molar-refractivity contribution in [3.8, 4) is 0 Å². The minimum atomic E-state index is -1.09. The van der Waals surface area contributed by atoms with Crippen molar-refractivity contribution in [3.63, 3.8) is 0 Å². The second-order valence-corrected chi connectivity index (χ2v) is 3.09. The SMILES string of the molecule is CCN(C(=O)O)c1cc(N)c2n[nH]nc2n1. The van der Waals surface area contributed by atoms with E-state index >= 15 is 0 Å². The van der Waals surface area contributed by atoms with E-state index in [1.165, 1.54) is 6.07 Å². The third-order valence-corrected chi connectivity index (χ3v) is 2.13. The van der Waals surface area contributed by atoms with Gasteiger partial charge in [0.2, 0.25) is 5.65 Å². The van der Waals surface area contributed by atoms with E-state index < -0.39 is 6.09 Å². The first-order valence-electron chi connectivity index (χ1n) is 4.61. The van der Waals surface area contributed by atoms with Crippen LogP contribution in [0.2, 0.25) is 0 Å². The van der Waals surface area contributed by atoms with E-state index in [0.29, 0.717) is 16.9 Å². The number of hydrogen-bond donors (Lipinski definition) is 3. The Hall–Kier alpha value is -2.38. The Morgan fingerprint density at radius 1 is 1.62 bits per heavy atom. The number of carboxylic acid groups (broad SMARTS) is 1. The summed E-state index contributed by atoms with van der Waals surface area (Å²) < 4.78 is 0. The highest BCUT2D eigenvalue weighted by Crippen LogP contribution is 2.21. The van der Waals surface area contributed by atoms with Gasteiger partial charge in [0.25, 0.3) is 0 Å². The number of anilines is 2. The van der Waals surface area contributed by atoms with E-state index in [2.05, 4.69) is 20.4 Å². The lowest BCUT2D eigenvalue weighted by Crippen LogP contribution is -2.29. The maximum atomic E-state index is 10.9. The topological polar surface area (TPSA) is 121 Å². The molecule has 0 bridgehead atoms. The Morgan fingerprint density at radius 2 is 2.38 bits per heavy atom. The van der Waals surface area contributed by atoms with Crippen LogP contribution in [-0.2, 0) is 0 Å². The van der Waals surface area contributed by atoms with Crippen LogP contribution in [0.3, 0.4) is 0 Å². The molecule has 4 N–H and O–H groups in total. The van der Waals surface area contributed by atoms with Gasteiger partial charge >= 0.3 is 6.09 Å². The van der Waals surface area contributed by atoms with Gasteiger partial charge in [0.15, 0.2) is 5.52 Å². The van der Waals surface area contributed by atoms with Crippen LogP contribution in [0.1, 0.15) is 6.92 Å². The number of aromatic amines is 1. The second-order valence-electron chi connectivity index (χ2n) is 3.09. The molecule has 2 aromatic rings. The Labute approximate surface area is 90.1 Å². The monoisotopic (exact) mass is 222 g/mol. The minimum Gasteiger partial charge on any atom is -0.465 e. The maximum Gasteiger partial charge on any atom is 0.413 e. The molecule has 8 heteroatoms. The van der Waals surface area contributed by atoms with E-state index in [0.717, 1.165) is 4.90 Å². The average Bonchev–Trinajstić information content (AvgIpc) is 2.66. The Bertz CT molecular complexity index is 536. The maximum absolute atomic E-state index is 10.9. The van der Waals surface area contributed by atoms with Gasteiger partial charge in [-0.2, -0.15) is 10.3 Å². The molecule has 0 aliphatic rings. The highest BCUT2D eigenvalue weighted by atomic mass is 16.4. The van der Waals surface area contributed by atoms with Crippen LogP contribution in [-0.4, -0.2) is 38.1 Å². The molecule has 0 spiro atoms. The number of nitrogens with two attached hydrogens (primary N) is 1. The fourth-order valence-electron chi connectivity index (χ4n) is 1.38. The van der Waals surface area contributed by atoms with Crippen molar-refractivity contribution in [2.45, 2.75) is 6.92 Å². The normalized spacial score (nSPS) is 10.6. The molecule has 0 aromatic carbocycles. The summed E-state index contributed by atoms with van der Waals surface area (Å²) in [5.41, 5.74) is 6.79. The largest absolute Gasteiger partial charge is 0.465 e. The molecule has 0 saturated heterocycles. The van der Waals surface area contributed by atoms with E-state index in [4.69, 9.17) is 10.8 Å². The fraction of sp³-hybridized carbons (Fsp3) is 0.250. The first-order chi connectivity index (χ1) is 7.63. The van der Waals surface area contributed by atoms with Crippen molar-refractivity contribution < 1.29 is 9.90 Å². The fourth-order valence-corrected chi connectivity index (χ4v) is 1.38. The number of carbonyl (C=O) groups is 1. The molecule has 0 aliphatic heterocycles. The van der Waals surface area contributed by atoms with E-state index in [1.54, 1.807) is 6.92 Å². The van der Waals surface area contributed by atoms with Crippen molar-refractivity contribution in [2.75, 3.05) is 17.2 Å². The van der Waals surface area contributed by atoms with Gasteiger partial charge in [-0.1, -0.05) is 0 Å². The number of pyridine rings is 1. The number of rotatable bonds is 2. The zero-order valence-corrected chi connectivity index (χ0v) is 8.51.